The molecule has 1 amide bonds. The molecule has 0 radical (unpaired) electrons. The van der Waals surface area contributed by atoms with Crippen molar-refractivity contribution in [1.82, 2.24) is 9.88 Å². The molecule has 3 aromatic rings. The lowest BCUT2D eigenvalue weighted by atomic mass is 10.1. The van der Waals surface area contributed by atoms with Crippen LogP contribution in [0.3, 0.4) is 0 Å². The Hall–Kier alpha value is -2.45. The molecule has 28 heavy (non-hydrogen) atoms. The van der Waals surface area contributed by atoms with Crippen LogP contribution in [-0.2, 0) is 10.0 Å². The van der Waals surface area contributed by atoms with E-state index < -0.39 is 10.0 Å². The molecule has 6 nitrogen and oxygen atoms in total. The summed E-state index contributed by atoms with van der Waals surface area (Å²) in [5, 5.41) is 0.290. The molecule has 1 aliphatic heterocycles. The average molecular weight is 416 g/mol. The Labute approximate surface area is 168 Å². The topological polar surface area (TPSA) is 79.4 Å². The quantitative estimate of drug-likeness (QED) is 0.698. The van der Waals surface area contributed by atoms with E-state index in [0.29, 0.717) is 11.1 Å². The number of carbonyl (C=O) groups excluding carboxylic acids is 1. The Morgan fingerprint density at radius 2 is 1.79 bits per heavy atom. The zero-order chi connectivity index (χ0) is 19.7. The molecule has 1 N–H and O–H groups in total. The number of carbonyl (C=O) groups is 1. The molecule has 0 unspecified atom stereocenters. The van der Waals surface area contributed by atoms with Crippen molar-refractivity contribution in [3.05, 3.63) is 53.6 Å². The first-order chi connectivity index (χ1) is 13.4. The van der Waals surface area contributed by atoms with Crippen molar-refractivity contribution in [2.75, 3.05) is 17.8 Å². The number of amides is 1. The second-order valence-electron chi connectivity index (χ2n) is 6.97. The Morgan fingerprint density at radius 3 is 2.50 bits per heavy atom. The highest BCUT2D eigenvalue weighted by molar-refractivity contribution is 7.93. The summed E-state index contributed by atoms with van der Waals surface area (Å²) in [4.78, 5) is 19.1. The van der Waals surface area contributed by atoms with Gasteiger partial charge >= 0.3 is 0 Å². The highest BCUT2D eigenvalue weighted by Gasteiger charge is 2.20. The van der Waals surface area contributed by atoms with Crippen molar-refractivity contribution in [2.24, 2.45) is 0 Å². The normalized spacial score (nSPS) is 15.0. The summed E-state index contributed by atoms with van der Waals surface area (Å²) in [6.07, 6.45) is 3.25. The molecule has 0 aliphatic carbocycles. The van der Waals surface area contributed by atoms with E-state index in [1.54, 1.807) is 42.5 Å². The first-order valence-corrected chi connectivity index (χ1v) is 11.5. The van der Waals surface area contributed by atoms with E-state index in [2.05, 4.69) is 9.71 Å². The van der Waals surface area contributed by atoms with Gasteiger partial charge in [-0.25, -0.2) is 13.4 Å². The second-order valence-corrected chi connectivity index (χ2v) is 9.69. The maximum Gasteiger partial charge on any atom is 0.263 e. The lowest BCUT2D eigenvalue weighted by Gasteiger charge is -2.26. The molecule has 1 fully saturated rings. The Kier molecular flexibility index (Phi) is 5.07. The van der Waals surface area contributed by atoms with Gasteiger partial charge in [-0.2, -0.15) is 0 Å². The number of nitrogens with one attached hydrogen (secondary N) is 1. The van der Waals surface area contributed by atoms with Crippen molar-refractivity contribution in [2.45, 2.75) is 31.1 Å². The molecular formula is C20H21N3O3S2. The van der Waals surface area contributed by atoms with Crippen LogP contribution in [0.15, 0.2) is 47.4 Å². The van der Waals surface area contributed by atoms with Crippen LogP contribution in [0.25, 0.3) is 10.2 Å². The number of likely N-dealkylation sites (tertiary alicyclic amines) is 1. The smallest absolute Gasteiger partial charge is 0.263 e. The van der Waals surface area contributed by atoms with Crippen LogP contribution in [0.2, 0.25) is 0 Å². The monoisotopic (exact) mass is 415 g/mol. The number of rotatable bonds is 4. The number of nitrogens with zero attached hydrogens (tertiary/aromatic N) is 2. The van der Waals surface area contributed by atoms with Gasteiger partial charge in [0.2, 0.25) is 0 Å². The lowest BCUT2D eigenvalue weighted by Crippen LogP contribution is -2.35. The third kappa shape index (κ3) is 3.88. The minimum Gasteiger partial charge on any atom is -0.339 e. The maximum absolute atomic E-state index is 12.7. The van der Waals surface area contributed by atoms with E-state index in [1.165, 1.54) is 17.8 Å². The van der Waals surface area contributed by atoms with Gasteiger partial charge in [-0.15, -0.1) is 0 Å². The van der Waals surface area contributed by atoms with Crippen LogP contribution in [0.4, 0.5) is 5.13 Å². The summed E-state index contributed by atoms with van der Waals surface area (Å²) >= 11 is 1.23. The van der Waals surface area contributed by atoms with Gasteiger partial charge in [-0.05, 0) is 56.5 Å². The van der Waals surface area contributed by atoms with Gasteiger partial charge in [0.15, 0.2) is 5.13 Å². The maximum atomic E-state index is 12.7. The molecule has 8 heteroatoms. The van der Waals surface area contributed by atoms with Gasteiger partial charge in [-0.1, -0.05) is 29.0 Å². The van der Waals surface area contributed by atoms with E-state index in [9.17, 15) is 13.2 Å². The van der Waals surface area contributed by atoms with E-state index in [4.69, 9.17) is 0 Å². The SMILES string of the molecule is Cc1ccc(S(=O)(=O)Nc2nc3ccc(C(=O)N4CCCCC4)cc3s2)cc1. The van der Waals surface area contributed by atoms with E-state index in [-0.39, 0.29) is 15.9 Å². The van der Waals surface area contributed by atoms with Gasteiger partial charge in [0.25, 0.3) is 15.9 Å². The summed E-state index contributed by atoms with van der Waals surface area (Å²) in [7, 11) is -3.70. The van der Waals surface area contributed by atoms with Crippen LogP contribution in [-0.4, -0.2) is 37.3 Å². The Balaban J connectivity index is 1.58. The molecule has 1 aliphatic rings. The molecule has 1 saturated heterocycles. The third-order valence-corrected chi connectivity index (χ3v) is 7.25. The first kappa shape index (κ1) is 18.9. The zero-order valence-electron chi connectivity index (χ0n) is 15.5. The molecule has 1 aromatic heterocycles. The molecular weight excluding hydrogens is 394 g/mol. The number of piperidine rings is 1. The summed E-state index contributed by atoms with van der Waals surface area (Å²) in [6, 6.07) is 12.0. The van der Waals surface area contributed by atoms with Crippen molar-refractivity contribution in [3.8, 4) is 0 Å². The highest BCUT2D eigenvalue weighted by atomic mass is 32.2. The third-order valence-electron chi connectivity index (χ3n) is 4.83. The highest BCUT2D eigenvalue weighted by Crippen LogP contribution is 2.29. The number of hydrogen-bond donors (Lipinski definition) is 1. The van der Waals surface area contributed by atoms with Gasteiger partial charge in [-0.3, -0.25) is 9.52 Å². The van der Waals surface area contributed by atoms with Crippen LogP contribution in [0.5, 0.6) is 0 Å². The molecule has 0 saturated carbocycles. The zero-order valence-corrected chi connectivity index (χ0v) is 17.1. The van der Waals surface area contributed by atoms with Crippen LogP contribution in [0, 0.1) is 6.92 Å². The largest absolute Gasteiger partial charge is 0.339 e. The fraction of sp³-hybridized carbons (Fsp3) is 0.300. The number of thiazole rings is 1. The lowest BCUT2D eigenvalue weighted by molar-refractivity contribution is 0.0724. The predicted molar refractivity (Wildman–Crippen MR) is 111 cm³/mol. The number of aryl methyl sites for hydroxylation is 1. The summed E-state index contributed by atoms with van der Waals surface area (Å²) in [5.74, 6) is 0.0248. The van der Waals surface area contributed by atoms with Crippen molar-refractivity contribution in [1.29, 1.82) is 0 Å². The van der Waals surface area contributed by atoms with Crippen LogP contribution >= 0.6 is 11.3 Å². The van der Waals surface area contributed by atoms with E-state index >= 15 is 0 Å². The molecule has 146 valence electrons. The molecule has 4 rings (SSSR count). The Bertz CT molecular complexity index is 1120. The minimum absolute atomic E-state index is 0.0248. The molecule has 2 heterocycles. The van der Waals surface area contributed by atoms with Gasteiger partial charge in [0.05, 0.1) is 15.1 Å². The fourth-order valence-electron chi connectivity index (χ4n) is 3.27. The first-order valence-electron chi connectivity index (χ1n) is 9.22. The summed E-state index contributed by atoms with van der Waals surface area (Å²) < 4.78 is 28.5. The fourth-order valence-corrected chi connectivity index (χ4v) is 5.41. The van der Waals surface area contributed by atoms with E-state index in [1.807, 2.05) is 11.8 Å². The number of anilines is 1. The molecule has 0 atom stereocenters. The minimum atomic E-state index is -3.70. The van der Waals surface area contributed by atoms with E-state index in [0.717, 1.165) is 36.2 Å². The molecule has 0 spiro atoms. The van der Waals surface area contributed by atoms with Crippen LogP contribution in [0.1, 0.15) is 35.2 Å². The number of aromatic nitrogens is 1. The molecule has 2 aromatic carbocycles. The standard InChI is InChI=1S/C20H21N3O3S2/c1-14-5-8-16(9-6-14)28(25,26)22-20-21-17-10-7-15(13-18(17)27-20)19(24)23-11-3-2-4-12-23/h5-10,13H,2-4,11-12H2,1H3,(H,21,22). The van der Waals surface area contributed by atoms with Crippen molar-refractivity contribution < 1.29 is 13.2 Å². The van der Waals surface area contributed by atoms with Gasteiger partial charge in [0.1, 0.15) is 0 Å². The number of sulfonamides is 1. The number of benzene rings is 2. The van der Waals surface area contributed by atoms with Crippen LogP contribution < -0.4 is 4.72 Å². The second kappa shape index (κ2) is 7.52. The van der Waals surface area contributed by atoms with Crippen molar-refractivity contribution >= 4 is 42.6 Å². The summed E-state index contributed by atoms with van der Waals surface area (Å²) in [5.41, 5.74) is 2.28. The van der Waals surface area contributed by atoms with Crippen molar-refractivity contribution in [3.63, 3.8) is 0 Å². The number of hydrogen-bond acceptors (Lipinski definition) is 5. The van der Waals surface area contributed by atoms with Gasteiger partial charge in [0, 0.05) is 18.7 Å². The average Bonchev–Trinajstić information content (AvgIpc) is 3.09. The predicted octanol–water partition coefficient (Wildman–Crippen LogP) is 4.03. The van der Waals surface area contributed by atoms with Gasteiger partial charge < -0.3 is 4.90 Å². The summed E-state index contributed by atoms with van der Waals surface area (Å²) in [6.45, 7) is 3.49. The Morgan fingerprint density at radius 1 is 1.07 bits per heavy atom. The molecule has 0 bridgehead atoms. The number of fused-ring (bicyclic) bond motifs is 1.